The van der Waals surface area contributed by atoms with Gasteiger partial charge in [-0.1, -0.05) is 0 Å². The Morgan fingerprint density at radius 3 is 2.43 bits per heavy atom. The third kappa shape index (κ3) is 3.60. The van der Waals surface area contributed by atoms with Gasteiger partial charge < -0.3 is 13.9 Å². The molecule has 4 rings (SSSR count). The topological polar surface area (TPSA) is 47.7 Å². The molecule has 2 aromatic carbocycles. The lowest BCUT2D eigenvalue weighted by Gasteiger charge is -2.29. The van der Waals surface area contributed by atoms with Crippen LogP contribution in [0.3, 0.4) is 0 Å². The summed E-state index contributed by atoms with van der Waals surface area (Å²) in [4.78, 5) is 6.99. The van der Waals surface area contributed by atoms with E-state index in [1.165, 1.54) is 23.3 Å². The van der Waals surface area contributed by atoms with Gasteiger partial charge in [0.25, 0.3) is 0 Å². The van der Waals surface area contributed by atoms with E-state index >= 15 is 0 Å². The van der Waals surface area contributed by atoms with Crippen LogP contribution in [-0.4, -0.2) is 30.6 Å². The van der Waals surface area contributed by atoms with E-state index in [2.05, 4.69) is 22.0 Å². The standard InChI is InChI=1S/C22H23FN2O3/c1-14-19(24-22(28-14)15-4-6-18(23)7-5-15)13-25-9-8-16-10-20(26-2)21(27-3)11-17(16)12-25/h4-7,10-11H,8-9,12-13H2,1-3H3. The van der Waals surface area contributed by atoms with Crippen molar-refractivity contribution >= 4 is 0 Å². The van der Waals surface area contributed by atoms with E-state index in [1.807, 2.05) is 6.92 Å². The van der Waals surface area contributed by atoms with Crippen molar-refractivity contribution in [2.24, 2.45) is 0 Å². The number of oxazole rings is 1. The fourth-order valence-corrected chi connectivity index (χ4v) is 3.58. The summed E-state index contributed by atoms with van der Waals surface area (Å²) in [5, 5.41) is 0. The third-order valence-corrected chi connectivity index (χ3v) is 5.15. The lowest BCUT2D eigenvalue weighted by Crippen LogP contribution is -2.30. The van der Waals surface area contributed by atoms with Gasteiger partial charge >= 0.3 is 0 Å². The molecule has 1 aliphatic rings. The van der Waals surface area contributed by atoms with Crippen molar-refractivity contribution in [1.29, 1.82) is 0 Å². The van der Waals surface area contributed by atoms with Crippen molar-refractivity contribution in [3.05, 3.63) is 64.8 Å². The van der Waals surface area contributed by atoms with E-state index in [0.717, 1.165) is 48.0 Å². The van der Waals surface area contributed by atoms with Gasteiger partial charge in [-0.05, 0) is 60.9 Å². The molecule has 0 spiro atoms. The Morgan fingerprint density at radius 1 is 1.07 bits per heavy atom. The van der Waals surface area contributed by atoms with Gasteiger partial charge in [-0.2, -0.15) is 0 Å². The number of methoxy groups -OCH3 is 2. The fourth-order valence-electron chi connectivity index (χ4n) is 3.58. The predicted molar refractivity (Wildman–Crippen MR) is 104 cm³/mol. The molecule has 146 valence electrons. The Morgan fingerprint density at radius 2 is 1.75 bits per heavy atom. The van der Waals surface area contributed by atoms with Crippen molar-refractivity contribution in [3.63, 3.8) is 0 Å². The Balaban J connectivity index is 1.52. The van der Waals surface area contributed by atoms with Gasteiger partial charge in [0.2, 0.25) is 5.89 Å². The molecule has 3 aromatic rings. The highest BCUT2D eigenvalue weighted by molar-refractivity contribution is 5.53. The number of nitrogens with zero attached hydrogens (tertiary/aromatic N) is 2. The zero-order valence-electron chi connectivity index (χ0n) is 16.3. The lowest BCUT2D eigenvalue weighted by molar-refractivity contribution is 0.240. The van der Waals surface area contributed by atoms with Crippen LogP contribution >= 0.6 is 0 Å². The van der Waals surface area contributed by atoms with E-state index in [1.54, 1.807) is 26.4 Å². The first-order chi connectivity index (χ1) is 13.6. The van der Waals surface area contributed by atoms with Crippen molar-refractivity contribution in [1.82, 2.24) is 9.88 Å². The molecule has 0 bridgehead atoms. The highest BCUT2D eigenvalue weighted by Gasteiger charge is 2.22. The molecular weight excluding hydrogens is 359 g/mol. The molecule has 2 heterocycles. The molecule has 6 heteroatoms. The number of hydrogen-bond donors (Lipinski definition) is 0. The van der Waals surface area contributed by atoms with Crippen LogP contribution in [0, 0.1) is 12.7 Å². The number of hydrogen-bond acceptors (Lipinski definition) is 5. The van der Waals surface area contributed by atoms with Crippen LogP contribution in [0.1, 0.15) is 22.6 Å². The van der Waals surface area contributed by atoms with E-state index in [0.29, 0.717) is 12.4 Å². The van der Waals surface area contributed by atoms with E-state index in [-0.39, 0.29) is 5.82 Å². The third-order valence-electron chi connectivity index (χ3n) is 5.15. The van der Waals surface area contributed by atoms with Gasteiger partial charge in [0.05, 0.1) is 19.9 Å². The summed E-state index contributed by atoms with van der Waals surface area (Å²) in [6, 6.07) is 10.3. The summed E-state index contributed by atoms with van der Waals surface area (Å²) in [7, 11) is 3.31. The number of aromatic nitrogens is 1. The lowest BCUT2D eigenvalue weighted by atomic mass is 9.98. The predicted octanol–water partition coefficient (Wildman–Crippen LogP) is 4.36. The SMILES string of the molecule is COc1cc2c(cc1OC)CN(Cc1nc(-c3ccc(F)cc3)oc1C)CC2. The number of halogens is 1. The number of fused-ring (bicyclic) bond motifs is 1. The van der Waals surface area contributed by atoms with Crippen molar-refractivity contribution in [2.45, 2.75) is 26.4 Å². The summed E-state index contributed by atoms with van der Waals surface area (Å²) in [6.07, 6.45) is 0.942. The maximum atomic E-state index is 13.1. The first-order valence-corrected chi connectivity index (χ1v) is 9.25. The number of benzene rings is 2. The summed E-state index contributed by atoms with van der Waals surface area (Å²) >= 11 is 0. The minimum atomic E-state index is -0.272. The molecule has 0 saturated heterocycles. The molecule has 1 aliphatic heterocycles. The first-order valence-electron chi connectivity index (χ1n) is 9.25. The highest BCUT2D eigenvalue weighted by Crippen LogP contribution is 2.33. The Hall–Kier alpha value is -2.86. The quantitative estimate of drug-likeness (QED) is 0.656. The average molecular weight is 382 g/mol. The maximum Gasteiger partial charge on any atom is 0.226 e. The van der Waals surface area contributed by atoms with Crippen LogP contribution in [0.5, 0.6) is 11.5 Å². The molecule has 1 aromatic heterocycles. The number of rotatable bonds is 5. The van der Waals surface area contributed by atoms with Gasteiger partial charge in [0.15, 0.2) is 11.5 Å². The van der Waals surface area contributed by atoms with Gasteiger partial charge in [0, 0.05) is 25.2 Å². The molecule has 0 saturated carbocycles. The zero-order valence-corrected chi connectivity index (χ0v) is 16.3. The molecule has 0 N–H and O–H groups in total. The summed E-state index contributed by atoms with van der Waals surface area (Å²) in [5.74, 6) is 2.56. The Labute approximate surface area is 163 Å². The Bertz CT molecular complexity index is 982. The average Bonchev–Trinajstić information content (AvgIpc) is 3.07. The summed E-state index contributed by atoms with van der Waals surface area (Å²) < 4.78 is 29.8. The minimum Gasteiger partial charge on any atom is -0.493 e. The molecular formula is C22H23FN2O3. The molecule has 28 heavy (non-hydrogen) atoms. The van der Waals surface area contributed by atoms with Crippen molar-refractivity contribution in [3.8, 4) is 23.0 Å². The highest BCUT2D eigenvalue weighted by atomic mass is 19.1. The fraction of sp³-hybridized carbons (Fsp3) is 0.318. The summed E-state index contributed by atoms with van der Waals surface area (Å²) in [5.41, 5.74) is 4.21. The molecule has 0 aliphatic carbocycles. The smallest absolute Gasteiger partial charge is 0.226 e. The molecule has 0 unspecified atom stereocenters. The number of ether oxygens (including phenoxy) is 2. The van der Waals surface area contributed by atoms with E-state index < -0.39 is 0 Å². The monoisotopic (exact) mass is 382 g/mol. The van der Waals surface area contributed by atoms with Gasteiger partial charge in [-0.3, -0.25) is 4.90 Å². The molecule has 0 radical (unpaired) electrons. The van der Waals surface area contributed by atoms with Crippen LogP contribution < -0.4 is 9.47 Å². The van der Waals surface area contributed by atoms with Crippen LogP contribution in [0.25, 0.3) is 11.5 Å². The van der Waals surface area contributed by atoms with E-state index in [4.69, 9.17) is 13.9 Å². The zero-order chi connectivity index (χ0) is 19.7. The molecule has 0 amide bonds. The molecule has 0 atom stereocenters. The van der Waals surface area contributed by atoms with Gasteiger partial charge in [0.1, 0.15) is 11.6 Å². The van der Waals surface area contributed by atoms with Gasteiger partial charge in [-0.25, -0.2) is 9.37 Å². The number of aryl methyl sites for hydroxylation is 1. The molecule has 5 nitrogen and oxygen atoms in total. The van der Waals surface area contributed by atoms with Crippen molar-refractivity contribution < 1.29 is 18.3 Å². The second-order valence-electron chi connectivity index (χ2n) is 6.97. The van der Waals surface area contributed by atoms with Crippen LogP contribution in [-0.2, 0) is 19.5 Å². The normalized spacial score (nSPS) is 14.0. The summed E-state index contributed by atoms with van der Waals surface area (Å²) in [6.45, 7) is 4.36. The van der Waals surface area contributed by atoms with Crippen LogP contribution in [0.4, 0.5) is 4.39 Å². The largest absolute Gasteiger partial charge is 0.493 e. The Kier molecular flexibility index (Phi) is 5.05. The second kappa shape index (κ2) is 7.64. The molecule has 0 fully saturated rings. The second-order valence-corrected chi connectivity index (χ2v) is 6.97. The maximum absolute atomic E-state index is 13.1. The van der Waals surface area contributed by atoms with Crippen LogP contribution in [0.15, 0.2) is 40.8 Å². The van der Waals surface area contributed by atoms with Gasteiger partial charge in [-0.15, -0.1) is 0 Å². The van der Waals surface area contributed by atoms with Crippen LogP contribution in [0.2, 0.25) is 0 Å². The van der Waals surface area contributed by atoms with E-state index in [9.17, 15) is 4.39 Å². The first kappa shape index (κ1) is 18.5. The van der Waals surface area contributed by atoms with Crippen molar-refractivity contribution in [2.75, 3.05) is 20.8 Å². The minimum absolute atomic E-state index is 0.272.